The van der Waals surface area contributed by atoms with E-state index in [2.05, 4.69) is 30.2 Å². The van der Waals surface area contributed by atoms with E-state index in [4.69, 9.17) is 15.5 Å². The highest BCUT2D eigenvalue weighted by Gasteiger charge is 2.52. The van der Waals surface area contributed by atoms with Crippen LogP contribution in [0.5, 0.6) is 11.8 Å². The van der Waals surface area contributed by atoms with Gasteiger partial charge in [-0.1, -0.05) is 0 Å². The number of nitrogens with two attached hydrogens (primary N) is 1. The van der Waals surface area contributed by atoms with E-state index in [1.54, 1.807) is 25.5 Å². The highest BCUT2D eigenvalue weighted by molar-refractivity contribution is 6.16. The van der Waals surface area contributed by atoms with Gasteiger partial charge >= 0.3 is 6.01 Å². The zero-order valence-electron chi connectivity index (χ0n) is 18.3. The number of hydrogen-bond acceptors (Lipinski definition) is 8. The van der Waals surface area contributed by atoms with E-state index in [0.29, 0.717) is 40.8 Å². The first kappa shape index (κ1) is 19.0. The van der Waals surface area contributed by atoms with Crippen LogP contribution in [0, 0.1) is 18.7 Å². The molecular formula is C23H23FN8O. The van der Waals surface area contributed by atoms with Crippen LogP contribution in [0.25, 0.3) is 21.9 Å². The molecule has 2 aliphatic heterocycles. The van der Waals surface area contributed by atoms with Crippen molar-refractivity contribution in [2.24, 2.45) is 11.7 Å². The van der Waals surface area contributed by atoms with E-state index in [-0.39, 0.29) is 30.0 Å². The molecule has 4 aromatic rings. The smallest absolute Gasteiger partial charge is 0.326 e. The molecule has 0 amide bonds. The Labute approximate surface area is 188 Å². The standard InChI is InChI=1S/C23H23FN8O/c1-9-27-7-11(8-28-9)33-23-30-21-19-18-12(14(24)6-16(26-2)20(18)29-21)5-17-13-3-10(4-15(13)25)32(17)22(19)31-23/h6-8,10,13,15,17,26H,3-5,25H2,1-2H3,(H,29,30,31)/t10-,13+,15-,17-/m1/s1. The summed E-state index contributed by atoms with van der Waals surface area (Å²) in [7, 11) is 1.79. The summed E-state index contributed by atoms with van der Waals surface area (Å²) in [5.74, 6) is 1.99. The van der Waals surface area contributed by atoms with Gasteiger partial charge in [0.25, 0.3) is 0 Å². The van der Waals surface area contributed by atoms with Crippen LogP contribution in [0.15, 0.2) is 18.5 Å². The number of H-pyrrole nitrogens is 1. The highest BCUT2D eigenvalue weighted by atomic mass is 19.1. The van der Waals surface area contributed by atoms with Crippen molar-refractivity contribution in [2.45, 2.75) is 44.3 Å². The molecule has 33 heavy (non-hydrogen) atoms. The van der Waals surface area contributed by atoms with Crippen molar-refractivity contribution in [3.8, 4) is 11.8 Å². The number of fused-ring (bicyclic) bond motifs is 6. The maximum Gasteiger partial charge on any atom is 0.326 e. The number of halogens is 1. The number of rotatable bonds is 3. The second-order valence-corrected chi connectivity index (χ2v) is 9.26. The molecule has 10 heteroatoms. The lowest BCUT2D eigenvalue weighted by molar-refractivity contribution is 0.372. The van der Waals surface area contributed by atoms with E-state index < -0.39 is 0 Å². The maximum absolute atomic E-state index is 15.4. The largest absolute Gasteiger partial charge is 0.421 e. The summed E-state index contributed by atoms with van der Waals surface area (Å²) in [4.78, 5) is 23.7. The summed E-state index contributed by atoms with van der Waals surface area (Å²) in [5, 5.41) is 4.79. The monoisotopic (exact) mass is 446 g/mol. The van der Waals surface area contributed by atoms with Crippen molar-refractivity contribution in [2.75, 3.05) is 17.3 Å². The Morgan fingerprint density at radius 2 is 2.03 bits per heavy atom. The third-order valence-corrected chi connectivity index (χ3v) is 7.52. The third kappa shape index (κ3) is 2.55. The minimum atomic E-state index is -0.214. The number of anilines is 2. The molecule has 7 rings (SSSR count). The van der Waals surface area contributed by atoms with Crippen LogP contribution in [0.2, 0.25) is 0 Å². The number of ether oxygens (including phenoxy) is 1. The van der Waals surface area contributed by atoms with E-state index in [0.717, 1.165) is 34.9 Å². The SMILES string of the molecule is CNc1cc(F)c2c3c1[nH]c1nc(Oc4cnc(C)nc4)nc(c13)N1[C@@H]3C[C@@H]([C@H](N)C3)[C@H]1C2. The van der Waals surface area contributed by atoms with Crippen molar-refractivity contribution < 1.29 is 9.13 Å². The topological polar surface area (TPSA) is 118 Å². The lowest BCUT2D eigenvalue weighted by atomic mass is 9.89. The van der Waals surface area contributed by atoms with E-state index in [1.807, 2.05) is 6.92 Å². The van der Waals surface area contributed by atoms with Crippen molar-refractivity contribution in [1.82, 2.24) is 24.9 Å². The van der Waals surface area contributed by atoms with Gasteiger partial charge in [0.2, 0.25) is 0 Å². The predicted octanol–water partition coefficient (Wildman–Crippen LogP) is 3.03. The molecule has 3 aromatic heterocycles. The molecule has 1 saturated carbocycles. The minimum absolute atomic E-state index is 0.0953. The Bertz CT molecular complexity index is 1430. The third-order valence-electron chi connectivity index (χ3n) is 7.52. The first-order valence-corrected chi connectivity index (χ1v) is 11.2. The van der Waals surface area contributed by atoms with Crippen LogP contribution in [0.1, 0.15) is 24.2 Å². The molecule has 2 fully saturated rings. The van der Waals surface area contributed by atoms with Crippen LogP contribution in [0.4, 0.5) is 15.9 Å². The summed E-state index contributed by atoms with van der Waals surface area (Å²) in [6.45, 7) is 1.81. The van der Waals surface area contributed by atoms with Gasteiger partial charge in [-0.3, -0.25) is 0 Å². The summed E-state index contributed by atoms with van der Waals surface area (Å²) in [5.41, 5.74) is 9.31. The van der Waals surface area contributed by atoms with E-state index in [1.165, 1.54) is 0 Å². The summed E-state index contributed by atoms with van der Waals surface area (Å²) < 4.78 is 21.4. The Hall–Kier alpha value is -3.53. The summed E-state index contributed by atoms with van der Waals surface area (Å²) in [6.07, 6.45) is 5.70. The van der Waals surface area contributed by atoms with Crippen molar-refractivity contribution in [1.29, 1.82) is 0 Å². The molecule has 9 nitrogen and oxygen atoms in total. The van der Waals surface area contributed by atoms with Gasteiger partial charge in [-0.05, 0) is 38.2 Å². The van der Waals surface area contributed by atoms with Gasteiger partial charge < -0.3 is 25.7 Å². The number of piperidine rings is 1. The van der Waals surface area contributed by atoms with Crippen molar-refractivity contribution in [3.63, 3.8) is 0 Å². The summed E-state index contributed by atoms with van der Waals surface area (Å²) in [6, 6.07) is 2.26. The average molecular weight is 446 g/mol. The molecule has 5 heterocycles. The normalized spacial score (nSPS) is 25.2. The van der Waals surface area contributed by atoms with Crippen LogP contribution < -0.4 is 20.7 Å². The Kier molecular flexibility index (Phi) is 3.74. The first-order valence-electron chi connectivity index (χ1n) is 11.2. The zero-order chi connectivity index (χ0) is 22.4. The van der Waals surface area contributed by atoms with Gasteiger partial charge in [0.15, 0.2) is 5.75 Å². The lowest BCUT2D eigenvalue weighted by Crippen LogP contribution is -2.49. The zero-order valence-corrected chi connectivity index (χ0v) is 18.3. The highest BCUT2D eigenvalue weighted by Crippen LogP contribution is 2.51. The number of nitrogens with zero attached hydrogens (tertiary/aromatic N) is 5. The summed E-state index contributed by atoms with van der Waals surface area (Å²) >= 11 is 0. The molecular weight excluding hydrogens is 423 g/mol. The Balaban J connectivity index is 1.50. The van der Waals surface area contributed by atoms with Crippen LogP contribution in [0.3, 0.4) is 0 Å². The van der Waals surface area contributed by atoms with Crippen molar-refractivity contribution >= 4 is 33.4 Å². The number of nitrogens with one attached hydrogen (secondary N) is 2. The van der Waals surface area contributed by atoms with Gasteiger partial charge in [-0.2, -0.15) is 9.97 Å². The lowest BCUT2D eigenvalue weighted by Gasteiger charge is -2.38. The van der Waals surface area contributed by atoms with Crippen molar-refractivity contribution in [3.05, 3.63) is 35.7 Å². The molecule has 1 saturated heterocycles. The number of aromatic amines is 1. The molecule has 1 aliphatic carbocycles. The maximum atomic E-state index is 15.4. The minimum Gasteiger partial charge on any atom is -0.421 e. The van der Waals surface area contributed by atoms with Gasteiger partial charge in [-0.15, -0.1) is 0 Å². The molecule has 168 valence electrons. The molecule has 0 radical (unpaired) electrons. The number of aromatic nitrogens is 5. The molecule has 1 aromatic carbocycles. The van der Waals surface area contributed by atoms with Gasteiger partial charge in [0, 0.05) is 36.1 Å². The number of hydrogen-bond donors (Lipinski definition) is 3. The molecule has 3 aliphatic rings. The second kappa shape index (κ2) is 6.50. The molecule has 4 atom stereocenters. The van der Waals surface area contributed by atoms with Crippen LogP contribution in [-0.4, -0.2) is 50.1 Å². The average Bonchev–Trinajstić information content (AvgIpc) is 3.43. The molecule has 0 unspecified atom stereocenters. The van der Waals surface area contributed by atoms with Crippen LogP contribution >= 0.6 is 0 Å². The van der Waals surface area contributed by atoms with Gasteiger partial charge in [0.05, 0.1) is 29.0 Å². The van der Waals surface area contributed by atoms with Gasteiger partial charge in [-0.25, -0.2) is 14.4 Å². The Morgan fingerprint density at radius 3 is 2.82 bits per heavy atom. The number of benzene rings is 1. The second-order valence-electron chi connectivity index (χ2n) is 9.26. The molecule has 2 bridgehead atoms. The fourth-order valence-corrected chi connectivity index (χ4v) is 6.14. The van der Waals surface area contributed by atoms with Crippen LogP contribution in [-0.2, 0) is 6.42 Å². The van der Waals surface area contributed by atoms with Gasteiger partial charge in [0.1, 0.15) is 23.1 Å². The number of aryl methyl sites for hydroxylation is 1. The molecule has 4 N–H and O–H groups in total. The fraction of sp³-hybridized carbons (Fsp3) is 0.391. The molecule has 0 spiro atoms. The predicted molar refractivity (Wildman–Crippen MR) is 122 cm³/mol. The van der Waals surface area contributed by atoms with E-state index in [9.17, 15) is 0 Å². The van der Waals surface area contributed by atoms with E-state index >= 15 is 4.39 Å². The quantitative estimate of drug-likeness (QED) is 0.440. The fourth-order valence-electron chi connectivity index (χ4n) is 6.14. The Morgan fingerprint density at radius 1 is 1.21 bits per heavy atom. The first-order chi connectivity index (χ1) is 16.0.